The number of halogens is 3. The Morgan fingerprint density at radius 2 is 2.09 bits per heavy atom. The molecule has 0 radical (unpaired) electrons. The Hall–Kier alpha value is -1.31. The molecule has 8 heteroatoms. The predicted octanol–water partition coefficient (Wildman–Crippen LogP) is 2.23. The minimum absolute atomic E-state index is 0. The highest BCUT2D eigenvalue weighted by atomic mass is 35.5. The summed E-state index contributed by atoms with van der Waals surface area (Å²) >= 11 is 0. The van der Waals surface area contributed by atoms with Gasteiger partial charge in [0.15, 0.2) is 11.5 Å². The Morgan fingerprint density at radius 1 is 1.36 bits per heavy atom. The molecule has 1 saturated heterocycles. The van der Waals surface area contributed by atoms with E-state index in [2.05, 4.69) is 21.9 Å². The molecule has 1 unspecified atom stereocenters. The zero-order chi connectivity index (χ0) is 14.8. The van der Waals surface area contributed by atoms with Crippen LogP contribution in [0.1, 0.15) is 12.5 Å². The molecule has 1 aromatic carbocycles. The number of nitrogens with zero attached hydrogens (tertiary/aromatic N) is 1. The van der Waals surface area contributed by atoms with E-state index in [-0.39, 0.29) is 24.9 Å². The van der Waals surface area contributed by atoms with E-state index >= 15 is 0 Å². The molecule has 124 valence electrons. The van der Waals surface area contributed by atoms with Gasteiger partial charge in [0.2, 0.25) is 6.79 Å². The summed E-state index contributed by atoms with van der Waals surface area (Å²) in [5.74, 6) is 1.18. The topological polar surface area (TPSA) is 43.0 Å². The molecule has 2 aliphatic rings. The van der Waals surface area contributed by atoms with Crippen LogP contribution in [0.25, 0.3) is 0 Å². The summed E-state index contributed by atoms with van der Waals surface area (Å²) in [5, 5.41) is 3.35. The molecular weight excluding hydrogens is 318 g/mol. The summed E-state index contributed by atoms with van der Waals surface area (Å²) in [6.45, 7) is 2.52. The second-order valence-electron chi connectivity index (χ2n) is 5.28. The van der Waals surface area contributed by atoms with Crippen LogP contribution in [0.4, 0.5) is 8.78 Å². The van der Waals surface area contributed by atoms with Gasteiger partial charge in [0, 0.05) is 43.9 Å². The fourth-order valence-electron chi connectivity index (χ4n) is 2.69. The maximum Gasteiger partial charge on any atom is 0.387 e. The lowest BCUT2D eigenvalue weighted by atomic mass is 10.1. The minimum atomic E-state index is -2.86. The molecule has 2 aliphatic heterocycles. The van der Waals surface area contributed by atoms with Crippen LogP contribution >= 0.6 is 12.4 Å². The Balaban J connectivity index is 0.00000176. The third-order valence-electron chi connectivity index (χ3n) is 3.62. The van der Waals surface area contributed by atoms with Crippen LogP contribution < -0.4 is 19.5 Å². The predicted molar refractivity (Wildman–Crippen MR) is 79.2 cm³/mol. The van der Waals surface area contributed by atoms with Crippen molar-refractivity contribution in [3.8, 4) is 17.2 Å². The van der Waals surface area contributed by atoms with Crippen LogP contribution in [0, 0.1) is 0 Å². The molecule has 0 bridgehead atoms. The number of alkyl halides is 2. The summed E-state index contributed by atoms with van der Waals surface area (Å²) in [4.78, 5) is 2.21. The molecule has 0 spiro atoms. The lowest BCUT2D eigenvalue weighted by Crippen LogP contribution is -2.48. The summed E-state index contributed by atoms with van der Waals surface area (Å²) < 4.78 is 40.3. The van der Waals surface area contributed by atoms with Crippen molar-refractivity contribution in [2.24, 2.45) is 0 Å². The first-order valence-electron chi connectivity index (χ1n) is 6.95. The number of hydrogen-bond donors (Lipinski definition) is 1. The Morgan fingerprint density at radius 3 is 2.77 bits per heavy atom. The number of hydrogen-bond acceptors (Lipinski definition) is 5. The SMILES string of the molecule is CC1CN(Cc2cc3c(cc2OC(F)F)OCO3)CCN1.Cl. The van der Waals surface area contributed by atoms with Crippen LogP contribution in [-0.4, -0.2) is 44.0 Å². The van der Waals surface area contributed by atoms with Crippen LogP contribution in [0.5, 0.6) is 17.2 Å². The number of ether oxygens (including phenoxy) is 3. The van der Waals surface area contributed by atoms with Gasteiger partial charge in [-0.25, -0.2) is 0 Å². The van der Waals surface area contributed by atoms with Crippen molar-refractivity contribution < 1.29 is 23.0 Å². The van der Waals surface area contributed by atoms with Crippen LogP contribution in [-0.2, 0) is 6.54 Å². The van der Waals surface area contributed by atoms with Gasteiger partial charge in [0.1, 0.15) is 5.75 Å². The fourth-order valence-corrected chi connectivity index (χ4v) is 2.69. The lowest BCUT2D eigenvalue weighted by Gasteiger charge is -2.32. The monoisotopic (exact) mass is 336 g/mol. The third kappa shape index (κ3) is 3.91. The highest BCUT2D eigenvalue weighted by Crippen LogP contribution is 2.39. The zero-order valence-electron chi connectivity index (χ0n) is 12.2. The largest absolute Gasteiger partial charge is 0.454 e. The molecule has 1 fully saturated rings. The van der Waals surface area contributed by atoms with Gasteiger partial charge in [0.05, 0.1) is 0 Å². The maximum absolute atomic E-state index is 12.6. The smallest absolute Gasteiger partial charge is 0.387 e. The van der Waals surface area contributed by atoms with Crippen LogP contribution in [0.15, 0.2) is 12.1 Å². The van der Waals surface area contributed by atoms with Crippen molar-refractivity contribution in [3.05, 3.63) is 17.7 Å². The van der Waals surface area contributed by atoms with Gasteiger partial charge in [-0.3, -0.25) is 4.90 Å². The highest BCUT2D eigenvalue weighted by molar-refractivity contribution is 5.85. The Labute approximate surface area is 133 Å². The van der Waals surface area contributed by atoms with Crippen LogP contribution in [0.2, 0.25) is 0 Å². The quantitative estimate of drug-likeness (QED) is 0.913. The third-order valence-corrected chi connectivity index (χ3v) is 3.62. The Kier molecular flexibility index (Phi) is 5.66. The average Bonchev–Trinajstić information content (AvgIpc) is 2.85. The van der Waals surface area contributed by atoms with Gasteiger partial charge in [-0.1, -0.05) is 0 Å². The van der Waals surface area contributed by atoms with Gasteiger partial charge in [-0.05, 0) is 13.0 Å². The maximum atomic E-state index is 12.6. The van der Waals surface area contributed by atoms with Crippen LogP contribution in [0.3, 0.4) is 0 Å². The summed E-state index contributed by atoms with van der Waals surface area (Å²) in [6, 6.07) is 3.59. The molecule has 1 atom stereocenters. The molecule has 0 aliphatic carbocycles. The first-order valence-corrected chi connectivity index (χ1v) is 6.95. The van der Waals surface area contributed by atoms with Gasteiger partial charge in [-0.15, -0.1) is 12.4 Å². The van der Waals surface area contributed by atoms with E-state index in [0.717, 1.165) is 19.6 Å². The normalized spacial score (nSPS) is 20.8. The molecule has 1 N–H and O–H groups in total. The number of nitrogens with one attached hydrogen (secondary N) is 1. The van der Waals surface area contributed by atoms with E-state index in [1.54, 1.807) is 6.07 Å². The lowest BCUT2D eigenvalue weighted by molar-refractivity contribution is -0.0509. The number of benzene rings is 1. The standard InChI is InChI=1S/C14H18F2N2O3.ClH/c1-9-6-18(3-2-17-9)7-10-4-12-13(20-8-19-12)5-11(10)21-14(15)16;/h4-5,9,14,17H,2-3,6-8H2,1H3;1H. The molecule has 0 aromatic heterocycles. The molecular formula is C14H19ClF2N2O3. The van der Waals surface area contributed by atoms with Gasteiger partial charge in [0.25, 0.3) is 0 Å². The van der Waals surface area contributed by atoms with Crippen molar-refractivity contribution in [1.29, 1.82) is 0 Å². The second kappa shape index (κ2) is 7.30. The average molecular weight is 337 g/mol. The first-order chi connectivity index (χ1) is 10.1. The van der Waals surface area contributed by atoms with E-state index in [4.69, 9.17) is 9.47 Å². The van der Waals surface area contributed by atoms with Crippen molar-refractivity contribution in [1.82, 2.24) is 10.2 Å². The van der Waals surface area contributed by atoms with Gasteiger partial charge >= 0.3 is 6.61 Å². The number of rotatable bonds is 4. The minimum Gasteiger partial charge on any atom is -0.454 e. The van der Waals surface area contributed by atoms with E-state index in [9.17, 15) is 8.78 Å². The summed E-state index contributed by atoms with van der Waals surface area (Å²) in [5.41, 5.74) is 0.689. The second-order valence-corrected chi connectivity index (χ2v) is 5.28. The van der Waals surface area contributed by atoms with Crippen molar-refractivity contribution in [2.45, 2.75) is 26.1 Å². The van der Waals surface area contributed by atoms with Gasteiger partial charge in [-0.2, -0.15) is 8.78 Å². The Bertz CT molecular complexity index is 519. The van der Waals surface area contributed by atoms with Crippen molar-refractivity contribution >= 4 is 12.4 Å². The molecule has 5 nitrogen and oxygen atoms in total. The van der Waals surface area contributed by atoms with E-state index in [1.165, 1.54) is 6.07 Å². The zero-order valence-corrected chi connectivity index (χ0v) is 13.0. The van der Waals surface area contributed by atoms with E-state index < -0.39 is 6.61 Å². The fraction of sp³-hybridized carbons (Fsp3) is 0.571. The number of piperazine rings is 1. The van der Waals surface area contributed by atoms with Crippen molar-refractivity contribution in [3.63, 3.8) is 0 Å². The van der Waals surface area contributed by atoms with E-state index in [0.29, 0.717) is 29.6 Å². The first kappa shape index (κ1) is 17.1. The molecule has 22 heavy (non-hydrogen) atoms. The van der Waals surface area contributed by atoms with E-state index in [1.807, 2.05) is 0 Å². The molecule has 0 saturated carbocycles. The highest BCUT2D eigenvalue weighted by Gasteiger charge is 2.23. The van der Waals surface area contributed by atoms with Crippen molar-refractivity contribution in [2.75, 3.05) is 26.4 Å². The number of fused-ring (bicyclic) bond motifs is 1. The molecule has 1 aromatic rings. The molecule has 0 amide bonds. The molecule has 3 rings (SSSR count). The molecule has 2 heterocycles. The summed E-state index contributed by atoms with van der Waals surface area (Å²) in [6.07, 6.45) is 0. The van der Waals surface area contributed by atoms with Gasteiger partial charge < -0.3 is 19.5 Å². The summed E-state index contributed by atoms with van der Waals surface area (Å²) in [7, 11) is 0.